The van der Waals surface area contributed by atoms with Crippen LogP contribution in [0.15, 0.2) is 0 Å². The fourth-order valence-corrected chi connectivity index (χ4v) is 2.86. The molecule has 0 atom stereocenters. The lowest BCUT2D eigenvalue weighted by Crippen LogP contribution is -2.47. The molecule has 0 spiro atoms. The molecule has 0 aromatic carbocycles. The van der Waals surface area contributed by atoms with E-state index in [2.05, 4.69) is 24.0 Å². The Morgan fingerprint density at radius 3 is 1.81 bits per heavy atom. The van der Waals surface area contributed by atoms with Crippen LogP contribution < -0.4 is 0 Å². The maximum Gasteiger partial charge on any atom is 0.0608 e. The highest BCUT2D eigenvalue weighted by Crippen LogP contribution is 2.11. The number of hydrogen-bond acceptors (Lipinski definition) is 3. The van der Waals surface area contributed by atoms with Crippen LogP contribution in [0, 0.1) is 0 Å². The number of hydrogen-bond donors (Lipinski definition) is 0. The Labute approximate surface area is 143 Å². The van der Waals surface area contributed by atoms with Crippen LogP contribution in [0.25, 0.3) is 0 Å². The van der Waals surface area contributed by atoms with Gasteiger partial charge in [0.05, 0.1) is 13.2 Å². The fourth-order valence-electron chi connectivity index (χ4n) is 2.86. The second-order valence-corrected chi connectivity index (χ2v) is 6.13. The van der Waals surface area contributed by atoms with Crippen LogP contribution in [0.5, 0.6) is 0 Å². The van der Waals surface area contributed by atoms with Gasteiger partial charge >= 0.3 is 0 Å². The zero-order valence-corrected chi connectivity index (χ0v) is 16.0. The van der Waals surface area contributed by atoms with Gasteiger partial charge in [0.1, 0.15) is 0 Å². The van der Waals surface area contributed by atoms with E-state index in [1.807, 2.05) is 0 Å². The average Bonchev–Trinajstić information content (AvgIpc) is 2.50. The lowest BCUT2D eigenvalue weighted by Gasteiger charge is -2.34. The zero-order chi connectivity index (χ0) is 14.5. The molecule has 0 aromatic rings. The van der Waals surface area contributed by atoms with Crippen molar-refractivity contribution in [3.8, 4) is 0 Å². The summed E-state index contributed by atoms with van der Waals surface area (Å²) in [6.45, 7) is 7.40. The van der Waals surface area contributed by atoms with Crippen molar-refractivity contribution in [1.29, 1.82) is 0 Å². The van der Waals surface area contributed by atoms with Gasteiger partial charge in [-0.3, -0.25) is 0 Å². The maximum absolute atomic E-state index is 5.39. The molecule has 128 valence electrons. The largest absolute Gasteiger partial charge is 0.379 e. The molecule has 0 N–H and O–H groups in total. The molecule has 3 nitrogen and oxygen atoms in total. The third-order valence-electron chi connectivity index (χ3n) is 4.31. The third kappa shape index (κ3) is 11.6. The Kier molecular flexibility index (Phi) is 15.5. The Hall–Kier alpha value is 0.360. The van der Waals surface area contributed by atoms with Gasteiger partial charge in [-0.2, -0.15) is 0 Å². The number of morpholine rings is 1. The zero-order valence-electron chi connectivity index (χ0n) is 14.3. The molecule has 0 bridgehead atoms. The van der Waals surface area contributed by atoms with Gasteiger partial charge < -0.3 is 4.74 Å². The van der Waals surface area contributed by atoms with Gasteiger partial charge in [0.15, 0.2) is 0 Å². The summed E-state index contributed by atoms with van der Waals surface area (Å²) in [5.74, 6) is 0. The quantitative estimate of drug-likeness (QED) is 0.468. The van der Waals surface area contributed by atoms with Gasteiger partial charge in [0, 0.05) is 26.7 Å². The molecule has 0 aliphatic carbocycles. The molecule has 21 heavy (non-hydrogen) atoms. The van der Waals surface area contributed by atoms with Crippen LogP contribution in [0.2, 0.25) is 0 Å². The number of halogens is 1. The molecule has 1 rings (SSSR count). The van der Waals surface area contributed by atoms with Gasteiger partial charge in [0.25, 0.3) is 0 Å². The smallest absolute Gasteiger partial charge is 0.0608 e. The van der Waals surface area contributed by atoms with Crippen molar-refractivity contribution in [1.82, 2.24) is 10.0 Å². The Morgan fingerprint density at radius 2 is 1.29 bits per heavy atom. The Morgan fingerprint density at radius 1 is 0.810 bits per heavy atom. The van der Waals surface area contributed by atoms with Gasteiger partial charge in [-0.1, -0.05) is 64.7 Å². The summed E-state index contributed by atoms with van der Waals surface area (Å²) < 4.78 is 5.39. The van der Waals surface area contributed by atoms with Crippen molar-refractivity contribution in [2.45, 2.75) is 71.1 Å². The van der Waals surface area contributed by atoms with Crippen molar-refractivity contribution >= 4 is 17.0 Å². The summed E-state index contributed by atoms with van der Waals surface area (Å²) in [6.07, 6.45) is 14.2. The molecule has 0 saturated carbocycles. The van der Waals surface area contributed by atoms with Crippen molar-refractivity contribution in [2.75, 3.05) is 39.9 Å². The van der Waals surface area contributed by atoms with E-state index >= 15 is 0 Å². The van der Waals surface area contributed by atoms with E-state index < -0.39 is 0 Å². The molecular formula is C17H37BrN2O. The van der Waals surface area contributed by atoms with E-state index in [1.54, 1.807) is 0 Å². The highest BCUT2D eigenvalue weighted by atomic mass is 79.9. The van der Waals surface area contributed by atoms with Gasteiger partial charge in [-0.05, 0) is 6.42 Å². The predicted molar refractivity (Wildman–Crippen MR) is 97.2 cm³/mol. The minimum absolute atomic E-state index is 0. The molecule has 1 heterocycles. The number of ether oxygens (including phenoxy) is 1. The standard InChI is InChI=1S/C17H36N2O.BrH/c1-3-4-5-6-7-8-9-10-11-12-13-18(2)19-14-16-20-17-15-19;/h3-17H2,1-2H3;1H. The predicted octanol–water partition coefficient (Wildman–Crippen LogP) is 4.66. The first-order valence-corrected chi connectivity index (χ1v) is 8.88. The molecule has 1 saturated heterocycles. The summed E-state index contributed by atoms with van der Waals surface area (Å²) in [4.78, 5) is 0. The third-order valence-corrected chi connectivity index (χ3v) is 4.31. The molecular weight excluding hydrogens is 328 g/mol. The topological polar surface area (TPSA) is 15.7 Å². The van der Waals surface area contributed by atoms with E-state index in [0.717, 1.165) is 26.3 Å². The minimum atomic E-state index is 0. The molecule has 0 radical (unpaired) electrons. The Bertz CT molecular complexity index is 211. The molecule has 1 fully saturated rings. The van der Waals surface area contributed by atoms with Crippen LogP contribution in [-0.2, 0) is 4.74 Å². The van der Waals surface area contributed by atoms with E-state index in [9.17, 15) is 0 Å². The van der Waals surface area contributed by atoms with Crippen LogP contribution in [0.3, 0.4) is 0 Å². The van der Waals surface area contributed by atoms with E-state index in [4.69, 9.17) is 4.74 Å². The molecule has 0 unspecified atom stereocenters. The Balaban J connectivity index is 0.00000400. The van der Waals surface area contributed by atoms with Gasteiger partial charge in [-0.15, -0.1) is 17.0 Å². The fraction of sp³-hybridized carbons (Fsp3) is 1.00. The second-order valence-electron chi connectivity index (χ2n) is 6.13. The van der Waals surface area contributed by atoms with Crippen LogP contribution >= 0.6 is 17.0 Å². The van der Waals surface area contributed by atoms with Crippen LogP contribution in [-0.4, -0.2) is 49.9 Å². The van der Waals surface area contributed by atoms with E-state index in [0.29, 0.717) is 0 Å². The van der Waals surface area contributed by atoms with Crippen molar-refractivity contribution in [3.63, 3.8) is 0 Å². The minimum Gasteiger partial charge on any atom is -0.379 e. The first kappa shape index (κ1) is 21.4. The normalized spacial score (nSPS) is 16.1. The van der Waals surface area contributed by atoms with Crippen LogP contribution in [0.1, 0.15) is 71.1 Å². The van der Waals surface area contributed by atoms with Gasteiger partial charge in [0.2, 0.25) is 0 Å². The van der Waals surface area contributed by atoms with Crippen LogP contribution in [0.4, 0.5) is 0 Å². The molecule has 1 aliphatic rings. The monoisotopic (exact) mass is 364 g/mol. The first-order valence-electron chi connectivity index (χ1n) is 8.88. The summed E-state index contributed by atoms with van der Waals surface area (Å²) in [5.41, 5.74) is 0. The maximum atomic E-state index is 5.39. The average molecular weight is 365 g/mol. The summed E-state index contributed by atoms with van der Waals surface area (Å²) >= 11 is 0. The second kappa shape index (κ2) is 15.3. The molecule has 4 heteroatoms. The lowest BCUT2D eigenvalue weighted by molar-refractivity contribution is -0.0759. The number of hydrazine groups is 1. The van der Waals surface area contributed by atoms with E-state index in [-0.39, 0.29) is 17.0 Å². The molecule has 0 aromatic heterocycles. The van der Waals surface area contributed by atoms with Crippen molar-refractivity contribution in [3.05, 3.63) is 0 Å². The highest BCUT2D eigenvalue weighted by molar-refractivity contribution is 8.93. The number of nitrogens with zero attached hydrogens (tertiary/aromatic N) is 2. The lowest BCUT2D eigenvalue weighted by atomic mass is 10.1. The summed E-state index contributed by atoms with van der Waals surface area (Å²) in [6, 6.07) is 0. The number of rotatable bonds is 12. The molecule has 0 amide bonds. The van der Waals surface area contributed by atoms with Crippen molar-refractivity contribution < 1.29 is 4.74 Å². The first-order chi connectivity index (χ1) is 9.84. The SMILES string of the molecule is Br.CCCCCCCCCCCCN(C)N1CCOCC1. The van der Waals surface area contributed by atoms with E-state index in [1.165, 1.54) is 70.8 Å². The molecule has 1 aliphatic heterocycles. The summed E-state index contributed by atoms with van der Waals surface area (Å²) in [7, 11) is 2.22. The summed E-state index contributed by atoms with van der Waals surface area (Å²) in [5, 5.41) is 4.82. The van der Waals surface area contributed by atoms with Crippen molar-refractivity contribution in [2.24, 2.45) is 0 Å². The highest BCUT2D eigenvalue weighted by Gasteiger charge is 2.13. The van der Waals surface area contributed by atoms with Gasteiger partial charge in [-0.25, -0.2) is 10.0 Å². The number of unbranched alkanes of at least 4 members (excludes halogenated alkanes) is 9.